The summed E-state index contributed by atoms with van der Waals surface area (Å²) in [7, 11) is -6.97. The fourth-order valence-electron chi connectivity index (χ4n) is 1.45. The summed E-state index contributed by atoms with van der Waals surface area (Å²) in [5.41, 5.74) is 0. The van der Waals surface area contributed by atoms with Crippen LogP contribution in [-0.4, -0.2) is 61.3 Å². The van der Waals surface area contributed by atoms with Crippen molar-refractivity contribution in [2.75, 3.05) is 13.2 Å². The van der Waals surface area contributed by atoms with Crippen molar-refractivity contribution in [2.24, 2.45) is 0 Å². The van der Waals surface area contributed by atoms with E-state index in [1.807, 2.05) is 0 Å². The predicted molar refractivity (Wildman–Crippen MR) is 76.4 cm³/mol. The Labute approximate surface area is 162 Å². The van der Waals surface area contributed by atoms with Gasteiger partial charge in [-0.15, -0.1) is 0 Å². The van der Waals surface area contributed by atoms with Crippen LogP contribution >= 0.6 is 0 Å². The minimum absolute atomic E-state index is 0.697. The lowest BCUT2D eigenvalue weighted by Crippen LogP contribution is -2.59. The molecule has 0 aromatic rings. The minimum atomic E-state index is -6.97. The van der Waals surface area contributed by atoms with Gasteiger partial charge in [0.2, 0.25) is 5.83 Å². The maximum Gasteiger partial charge on any atom is 0.468 e. The van der Waals surface area contributed by atoms with E-state index in [1.54, 1.807) is 0 Å². The first kappa shape index (κ1) is 27.7. The van der Waals surface area contributed by atoms with Crippen molar-refractivity contribution in [2.45, 2.75) is 29.6 Å². The van der Waals surface area contributed by atoms with Crippen molar-refractivity contribution in [3.8, 4) is 0 Å². The number of esters is 2. The normalized spacial score (nSPS) is 15.1. The number of alkyl halides is 7. The minimum Gasteiger partial charge on any atom is -0.743 e. The Morgan fingerprint density at radius 1 is 1.07 bits per heavy atom. The Morgan fingerprint density at radius 3 is 1.93 bits per heavy atom. The molecule has 0 aliphatic rings. The van der Waals surface area contributed by atoms with Crippen LogP contribution in [0.25, 0.3) is 0 Å². The highest BCUT2D eigenvalue weighted by molar-refractivity contribution is 7.86. The summed E-state index contributed by atoms with van der Waals surface area (Å²) in [6, 6.07) is 0. The van der Waals surface area contributed by atoms with Crippen molar-refractivity contribution >= 4 is 22.1 Å². The number of hydrogen-bond donors (Lipinski definition) is 0. The molecule has 0 bridgehead atoms. The van der Waals surface area contributed by atoms with Crippen molar-refractivity contribution in [3.05, 3.63) is 25.1 Å². The van der Waals surface area contributed by atoms with Gasteiger partial charge in [0.05, 0.1) is 6.61 Å². The molecule has 0 aliphatic heterocycles. The highest BCUT2D eigenvalue weighted by atomic mass is 32.2. The summed E-state index contributed by atoms with van der Waals surface area (Å²) < 4.78 is 148. The molecule has 17 heteroatoms. The van der Waals surface area contributed by atoms with Crippen LogP contribution < -0.4 is 0 Å². The molecule has 1 unspecified atom stereocenters. The molecule has 0 aliphatic carbocycles. The van der Waals surface area contributed by atoms with Gasteiger partial charge in [0.1, 0.15) is 6.61 Å². The number of rotatable bonds is 11. The van der Waals surface area contributed by atoms with Crippen LogP contribution in [0.2, 0.25) is 0 Å². The molecular weight excluding hydrogens is 468 g/mol. The SMILES string of the molecule is C=CCOC(=O)C(OCCC(F)(F)C(F)(F)S(=O)(=O)[O-])(OC(=O)C(=C)F)C(F)(F)F. The summed E-state index contributed by atoms with van der Waals surface area (Å²) >= 11 is 0. The highest BCUT2D eigenvalue weighted by Crippen LogP contribution is 2.42. The van der Waals surface area contributed by atoms with E-state index in [0.29, 0.717) is 6.08 Å². The highest BCUT2D eigenvalue weighted by Gasteiger charge is 2.69. The summed E-state index contributed by atoms with van der Waals surface area (Å²) in [5, 5.41) is -6.28. The topological polar surface area (TPSA) is 119 Å². The molecule has 0 aromatic carbocycles. The average Bonchev–Trinajstić information content (AvgIpc) is 2.55. The smallest absolute Gasteiger partial charge is 0.468 e. The molecule has 0 heterocycles. The molecule has 0 saturated heterocycles. The molecule has 0 amide bonds. The molecule has 0 saturated carbocycles. The fraction of sp³-hybridized carbons (Fsp3) is 0.538. The molecule has 0 N–H and O–H groups in total. The summed E-state index contributed by atoms with van der Waals surface area (Å²) in [6.07, 6.45) is -8.05. The van der Waals surface area contributed by atoms with E-state index in [4.69, 9.17) is 0 Å². The second kappa shape index (κ2) is 9.25. The number of hydrogen-bond acceptors (Lipinski definition) is 8. The van der Waals surface area contributed by atoms with E-state index in [0.717, 1.165) is 0 Å². The molecule has 0 rings (SSSR count). The second-order valence-corrected chi connectivity index (χ2v) is 6.49. The lowest BCUT2D eigenvalue weighted by Gasteiger charge is -2.33. The van der Waals surface area contributed by atoms with E-state index in [-0.39, 0.29) is 0 Å². The Bertz CT molecular complexity index is 791. The van der Waals surface area contributed by atoms with Gasteiger partial charge in [0, 0.05) is 6.42 Å². The monoisotopic (exact) mass is 479 g/mol. The predicted octanol–water partition coefficient (Wildman–Crippen LogP) is 2.18. The van der Waals surface area contributed by atoms with Gasteiger partial charge in [-0.2, -0.15) is 35.1 Å². The molecule has 0 aromatic heterocycles. The number of halogens is 8. The molecule has 30 heavy (non-hydrogen) atoms. The van der Waals surface area contributed by atoms with Crippen LogP contribution in [0.15, 0.2) is 25.1 Å². The standard InChI is InChI=1S/C13H12F8O8S/c1-3-5-27-9(23)11(12(17,18)19,29-8(22)7(2)14)28-6-4-10(15,16)13(20,21)30(24,25)26/h3H,1-2,4-6H2,(H,24,25,26)/p-1. The van der Waals surface area contributed by atoms with Crippen LogP contribution in [0.4, 0.5) is 35.1 Å². The van der Waals surface area contributed by atoms with E-state index in [1.165, 1.54) is 0 Å². The van der Waals surface area contributed by atoms with E-state index < -0.39 is 70.7 Å². The van der Waals surface area contributed by atoms with Crippen LogP contribution in [0.3, 0.4) is 0 Å². The van der Waals surface area contributed by atoms with Gasteiger partial charge in [-0.05, 0) is 0 Å². The van der Waals surface area contributed by atoms with Gasteiger partial charge in [0.25, 0.3) is 0 Å². The second-order valence-electron chi connectivity index (χ2n) is 5.07. The van der Waals surface area contributed by atoms with Gasteiger partial charge in [-0.1, -0.05) is 19.2 Å². The van der Waals surface area contributed by atoms with Crippen molar-refractivity contribution in [1.82, 2.24) is 0 Å². The fourth-order valence-corrected chi connectivity index (χ4v) is 1.92. The lowest BCUT2D eigenvalue weighted by atomic mass is 10.2. The third-order valence-corrected chi connectivity index (χ3v) is 3.82. The molecule has 8 nitrogen and oxygen atoms in total. The number of carbonyl (C=O) groups excluding carboxylic acids is 2. The Morgan fingerprint density at radius 2 is 1.57 bits per heavy atom. The number of carbonyl (C=O) groups is 2. The van der Waals surface area contributed by atoms with Gasteiger partial charge in [0.15, 0.2) is 10.1 Å². The molecule has 0 radical (unpaired) electrons. The van der Waals surface area contributed by atoms with E-state index in [2.05, 4.69) is 27.4 Å². The van der Waals surface area contributed by atoms with Crippen LogP contribution in [0, 0.1) is 0 Å². The average molecular weight is 479 g/mol. The Hall–Kier alpha value is -2.27. The van der Waals surface area contributed by atoms with Crippen LogP contribution in [0.5, 0.6) is 0 Å². The lowest BCUT2D eigenvalue weighted by molar-refractivity contribution is -0.357. The quantitative estimate of drug-likeness (QED) is 0.111. The van der Waals surface area contributed by atoms with Gasteiger partial charge in [-0.25, -0.2) is 18.0 Å². The molecule has 174 valence electrons. The first-order chi connectivity index (χ1) is 13.3. The van der Waals surface area contributed by atoms with E-state index >= 15 is 0 Å². The first-order valence-electron chi connectivity index (χ1n) is 7.04. The van der Waals surface area contributed by atoms with Crippen LogP contribution in [0.1, 0.15) is 6.42 Å². The van der Waals surface area contributed by atoms with Gasteiger partial charge < -0.3 is 18.8 Å². The zero-order valence-electron chi connectivity index (χ0n) is 14.3. The molecule has 0 spiro atoms. The van der Waals surface area contributed by atoms with Crippen molar-refractivity contribution < 1.29 is 71.9 Å². The summed E-state index contributed by atoms with van der Waals surface area (Å²) in [5.74, 6) is -18.2. The Balaban J connectivity index is 5.99. The number of ether oxygens (including phenoxy) is 3. The van der Waals surface area contributed by atoms with Gasteiger partial charge in [-0.3, -0.25) is 0 Å². The maximum absolute atomic E-state index is 13.4. The first-order valence-corrected chi connectivity index (χ1v) is 8.45. The largest absolute Gasteiger partial charge is 0.743 e. The van der Waals surface area contributed by atoms with Crippen molar-refractivity contribution in [3.63, 3.8) is 0 Å². The molecule has 1 atom stereocenters. The third kappa shape index (κ3) is 5.88. The van der Waals surface area contributed by atoms with Crippen LogP contribution in [-0.2, 0) is 33.9 Å². The van der Waals surface area contributed by atoms with Gasteiger partial charge >= 0.3 is 35.1 Å². The zero-order valence-corrected chi connectivity index (χ0v) is 15.1. The summed E-state index contributed by atoms with van der Waals surface area (Å²) in [6.45, 7) is 1.98. The molecular formula is C13H11F8O8S-. The summed E-state index contributed by atoms with van der Waals surface area (Å²) in [4.78, 5) is 22.9. The van der Waals surface area contributed by atoms with Crippen molar-refractivity contribution in [1.29, 1.82) is 0 Å². The van der Waals surface area contributed by atoms with E-state index in [9.17, 15) is 57.7 Å². The Kier molecular flexibility index (Phi) is 8.55. The zero-order chi connectivity index (χ0) is 24.2. The molecule has 0 fully saturated rings. The maximum atomic E-state index is 13.4. The third-order valence-electron chi connectivity index (χ3n) is 2.89.